The molecule has 2 rings (SSSR count). The second kappa shape index (κ2) is 6.38. The van der Waals surface area contributed by atoms with Gasteiger partial charge in [-0.25, -0.2) is 4.39 Å². The van der Waals surface area contributed by atoms with Crippen LogP contribution in [0.2, 0.25) is 5.02 Å². The molecule has 102 valence electrons. The smallest absolute Gasteiger partial charge is 0.144 e. The summed E-state index contributed by atoms with van der Waals surface area (Å²) in [4.78, 5) is 0. The van der Waals surface area contributed by atoms with Crippen LogP contribution >= 0.6 is 11.6 Å². The first-order valence-corrected chi connectivity index (χ1v) is 6.24. The monoisotopic (exact) mass is 291 g/mol. The van der Waals surface area contributed by atoms with Gasteiger partial charge in [0, 0.05) is 11.1 Å². The Morgan fingerprint density at radius 1 is 1.25 bits per heavy atom. The fourth-order valence-electron chi connectivity index (χ4n) is 1.63. The van der Waals surface area contributed by atoms with Gasteiger partial charge in [0.15, 0.2) is 0 Å². The molecule has 1 unspecified atom stereocenters. The third kappa shape index (κ3) is 3.47. The number of aliphatic hydroxyl groups is 1. The van der Waals surface area contributed by atoms with Crippen molar-refractivity contribution in [3.8, 4) is 11.8 Å². The number of nitrogens with zero attached hydrogens (tertiary/aromatic N) is 1. The highest BCUT2D eigenvalue weighted by atomic mass is 35.5. The van der Waals surface area contributed by atoms with Crippen molar-refractivity contribution in [1.82, 2.24) is 0 Å². The van der Waals surface area contributed by atoms with E-state index in [1.165, 1.54) is 12.1 Å². The Morgan fingerprint density at radius 2 is 1.95 bits per heavy atom. The van der Waals surface area contributed by atoms with Crippen LogP contribution in [0.3, 0.4) is 0 Å². The maximum Gasteiger partial charge on any atom is 0.144 e. The van der Waals surface area contributed by atoms with E-state index in [1.54, 1.807) is 30.3 Å². The van der Waals surface area contributed by atoms with Gasteiger partial charge in [-0.05, 0) is 29.8 Å². The van der Waals surface area contributed by atoms with E-state index in [0.29, 0.717) is 10.6 Å². The Bertz CT molecular complexity index is 637. The van der Waals surface area contributed by atoms with Crippen LogP contribution in [0.1, 0.15) is 17.2 Å². The molecule has 1 N–H and O–H groups in total. The van der Waals surface area contributed by atoms with Gasteiger partial charge in [0.2, 0.25) is 0 Å². The summed E-state index contributed by atoms with van der Waals surface area (Å²) in [7, 11) is 0. The van der Waals surface area contributed by atoms with Gasteiger partial charge in [0.25, 0.3) is 0 Å². The van der Waals surface area contributed by atoms with Crippen molar-refractivity contribution in [1.29, 1.82) is 5.26 Å². The molecular weight excluding hydrogens is 281 g/mol. The highest BCUT2D eigenvalue weighted by Gasteiger charge is 2.09. The van der Waals surface area contributed by atoms with Crippen LogP contribution in [0.25, 0.3) is 0 Å². The topological polar surface area (TPSA) is 53.2 Å². The van der Waals surface area contributed by atoms with Crippen molar-refractivity contribution < 1.29 is 14.2 Å². The molecule has 0 spiro atoms. The van der Waals surface area contributed by atoms with Crippen molar-refractivity contribution in [3.63, 3.8) is 0 Å². The zero-order chi connectivity index (χ0) is 14.5. The quantitative estimate of drug-likeness (QED) is 0.938. The minimum atomic E-state index is -0.842. The molecule has 0 aromatic heterocycles. The van der Waals surface area contributed by atoms with E-state index < -0.39 is 11.9 Å². The van der Waals surface area contributed by atoms with Crippen LogP contribution in [-0.2, 0) is 0 Å². The van der Waals surface area contributed by atoms with E-state index in [2.05, 4.69) is 0 Å². The number of aliphatic hydroxyl groups excluding tert-OH is 1. The molecule has 0 aliphatic carbocycles. The van der Waals surface area contributed by atoms with Gasteiger partial charge in [-0.1, -0.05) is 23.7 Å². The summed E-state index contributed by atoms with van der Waals surface area (Å²) in [6, 6.07) is 12.4. The summed E-state index contributed by atoms with van der Waals surface area (Å²) >= 11 is 5.75. The molecule has 0 saturated heterocycles. The summed E-state index contributed by atoms with van der Waals surface area (Å²) < 4.78 is 18.7. The van der Waals surface area contributed by atoms with Gasteiger partial charge in [-0.2, -0.15) is 5.26 Å². The second-order valence-corrected chi connectivity index (χ2v) is 4.57. The molecule has 3 nitrogen and oxygen atoms in total. The van der Waals surface area contributed by atoms with Crippen LogP contribution in [0.5, 0.6) is 5.75 Å². The Labute approximate surface area is 120 Å². The predicted molar refractivity (Wildman–Crippen MR) is 73.0 cm³/mol. The molecule has 0 heterocycles. The molecule has 0 aliphatic rings. The summed E-state index contributed by atoms with van der Waals surface area (Å²) in [5.41, 5.74) is 0.610. The van der Waals surface area contributed by atoms with E-state index in [4.69, 9.17) is 21.6 Å². The number of hydrogen-bond acceptors (Lipinski definition) is 3. The first kappa shape index (κ1) is 14.3. The Balaban J connectivity index is 2.00. The third-order valence-corrected chi connectivity index (χ3v) is 2.98. The van der Waals surface area contributed by atoms with Gasteiger partial charge in [0.05, 0.1) is 5.56 Å². The molecule has 2 aromatic rings. The fourth-order valence-corrected chi connectivity index (χ4v) is 1.76. The van der Waals surface area contributed by atoms with Crippen LogP contribution in [0.15, 0.2) is 42.5 Å². The summed E-state index contributed by atoms with van der Waals surface area (Å²) in [6.07, 6.45) is -0.842. The molecule has 0 amide bonds. The van der Waals surface area contributed by atoms with E-state index in [9.17, 15) is 9.50 Å². The van der Waals surface area contributed by atoms with Gasteiger partial charge < -0.3 is 9.84 Å². The average molecular weight is 292 g/mol. The van der Waals surface area contributed by atoms with Crippen molar-refractivity contribution in [2.45, 2.75) is 6.10 Å². The molecule has 0 bridgehead atoms. The van der Waals surface area contributed by atoms with Crippen LogP contribution in [0, 0.1) is 17.1 Å². The highest BCUT2D eigenvalue weighted by molar-refractivity contribution is 6.30. The lowest BCUT2D eigenvalue weighted by Gasteiger charge is -2.13. The Morgan fingerprint density at radius 3 is 2.55 bits per heavy atom. The predicted octanol–water partition coefficient (Wildman–Crippen LogP) is 3.46. The normalized spacial score (nSPS) is 11.7. The van der Waals surface area contributed by atoms with E-state index in [0.717, 1.165) is 6.07 Å². The Kier molecular flexibility index (Phi) is 4.57. The van der Waals surface area contributed by atoms with Crippen molar-refractivity contribution in [2.24, 2.45) is 0 Å². The van der Waals surface area contributed by atoms with E-state index in [-0.39, 0.29) is 17.9 Å². The number of halogens is 2. The molecular formula is C15H11ClFNO2. The van der Waals surface area contributed by atoms with Gasteiger partial charge in [-0.3, -0.25) is 0 Å². The molecule has 0 aliphatic heterocycles. The van der Waals surface area contributed by atoms with Gasteiger partial charge in [-0.15, -0.1) is 0 Å². The summed E-state index contributed by atoms with van der Waals surface area (Å²) in [5.74, 6) is -0.388. The lowest BCUT2D eigenvalue weighted by atomic mass is 10.1. The fraction of sp³-hybridized carbons (Fsp3) is 0.133. The van der Waals surface area contributed by atoms with Crippen LogP contribution < -0.4 is 4.74 Å². The summed E-state index contributed by atoms with van der Waals surface area (Å²) in [6.45, 7) is -0.0209. The molecule has 5 heteroatoms. The average Bonchev–Trinajstić information content (AvgIpc) is 2.45. The number of ether oxygens (including phenoxy) is 1. The Hall–Kier alpha value is -2.09. The standard InChI is InChI=1S/C15H11ClFNO2/c16-12-4-1-10(2-5-12)15(19)9-20-13-6-3-11(8-18)14(17)7-13/h1-7,15,19H,9H2. The maximum atomic E-state index is 13.4. The van der Waals surface area contributed by atoms with Crippen molar-refractivity contribution in [3.05, 3.63) is 64.4 Å². The van der Waals surface area contributed by atoms with Crippen molar-refractivity contribution >= 4 is 11.6 Å². The zero-order valence-electron chi connectivity index (χ0n) is 10.4. The molecule has 0 radical (unpaired) electrons. The van der Waals surface area contributed by atoms with Gasteiger partial charge >= 0.3 is 0 Å². The molecule has 0 fully saturated rings. The maximum absolute atomic E-state index is 13.4. The van der Waals surface area contributed by atoms with E-state index in [1.807, 2.05) is 0 Å². The largest absolute Gasteiger partial charge is 0.490 e. The zero-order valence-corrected chi connectivity index (χ0v) is 11.1. The first-order chi connectivity index (χ1) is 9.60. The van der Waals surface area contributed by atoms with Crippen molar-refractivity contribution in [2.75, 3.05) is 6.61 Å². The van der Waals surface area contributed by atoms with Crippen LogP contribution in [-0.4, -0.2) is 11.7 Å². The minimum absolute atomic E-state index is 0.0209. The third-order valence-electron chi connectivity index (χ3n) is 2.72. The van der Waals surface area contributed by atoms with Gasteiger partial charge in [0.1, 0.15) is 30.3 Å². The highest BCUT2D eigenvalue weighted by Crippen LogP contribution is 2.20. The number of nitriles is 1. The van der Waals surface area contributed by atoms with E-state index >= 15 is 0 Å². The number of rotatable bonds is 4. The number of benzene rings is 2. The first-order valence-electron chi connectivity index (χ1n) is 5.86. The molecule has 20 heavy (non-hydrogen) atoms. The van der Waals surface area contributed by atoms with Crippen LogP contribution in [0.4, 0.5) is 4.39 Å². The minimum Gasteiger partial charge on any atom is -0.490 e. The number of hydrogen-bond donors (Lipinski definition) is 1. The lowest BCUT2D eigenvalue weighted by Crippen LogP contribution is -2.09. The molecule has 0 saturated carbocycles. The molecule has 1 atom stereocenters. The molecule has 2 aromatic carbocycles. The SMILES string of the molecule is N#Cc1ccc(OCC(O)c2ccc(Cl)cc2)cc1F. The second-order valence-electron chi connectivity index (χ2n) is 4.13. The lowest BCUT2D eigenvalue weighted by molar-refractivity contribution is 0.108. The summed E-state index contributed by atoms with van der Waals surface area (Å²) in [5, 5.41) is 19.1.